The van der Waals surface area contributed by atoms with E-state index in [0.717, 1.165) is 23.2 Å². The molecule has 4 aromatic rings. The second-order valence-electron chi connectivity index (χ2n) is 6.45. The van der Waals surface area contributed by atoms with Crippen molar-refractivity contribution < 1.29 is 32.5 Å². The van der Waals surface area contributed by atoms with Gasteiger partial charge in [-0.3, -0.25) is 9.97 Å². The number of fused-ring (bicyclic) bond motifs is 2. The lowest BCUT2D eigenvalue weighted by atomic mass is 10.1. The number of methoxy groups -OCH3 is 2. The van der Waals surface area contributed by atoms with Crippen molar-refractivity contribution in [2.75, 3.05) is 28.4 Å². The largest absolute Gasteiger partial charge is 0.478 e. The molecule has 0 spiro atoms. The quantitative estimate of drug-likeness (QED) is 0.390. The number of carboxylic acids is 1. The highest BCUT2D eigenvalue weighted by atomic mass is 19.4. The third kappa shape index (κ3) is 9.22. The van der Waals surface area contributed by atoms with Crippen molar-refractivity contribution in [3.8, 4) is 0 Å². The number of carbonyl (C=O) groups is 1. The van der Waals surface area contributed by atoms with Crippen molar-refractivity contribution in [1.29, 1.82) is 0 Å². The molecular formula is C24H25F3N2O4. The minimum atomic E-state index is -4.32. The van der Waals surface area contributed by atoms with Gasteiger partial charge in [0.15, 0.2) is 0 Å². The van der Waals surface area contributed by atoms with Gasteiger partial charge < -0.3 is 14.6 Å². The van der Waals surface area contributed by atoms with Gasteiger partial charge in [-0.05, 0) is 24.3 Å². The van der Waals surface area contributed by atoms with Gasteiger partial charge in [-0.25, -0.2) is 4.79 Å². The number of benzene rings is 2. The fourth-order valence-electron chi connectivity index (χ4n) is 2.41. The number of aromatic carboxylic acids is 1. The molecule has 0 fully saturated rings. The Labute approximate surface area is 189 Å². The van der Waals surface area contributed by atoms with Crippen molar-refractivity contribution in [3.05, 3.63) is 84.2 Å². The standard InChI is InChI=1S/C10H6F3N.C10H7NO2.2C2H6O/c11-10(12,13)8-5-7-3-1-2-4-9(7)14-6-8;12-10(13)8-5-7-3-1-2-4-9(7)11-6-8;2*1-3-2/h1-6H;1-6H,(H,12,13);2*1-2H3. The number of rotatable bonds is 1. The molecule has 33 heavy (non-hydrogen) atoms. The summed E-state index contributed by atoms with van der Waals surface area (Å²) in [6.45, 7) is 0. The zero-order valence-corrected chi connectivity index (χ0v) is 18.6. The summed E-state index contributed by atoms with van der Waals surface area (Å²) in [7, 11) is 6.50. The number of pyridine rings is 2. The highest BCUT2D eigenvalue weighted by Gasteiger charge is 2.30. The maximum atomic E-state index is 12.3. The van der Waals surface area contributed by atoms with E-state index in [-0.39, 0.29) is 5.56 Å². The molecule has 9 heteroatoms. The molecule has 0 aliphatic heterocycles. The number of para-hydroxylation sites is 2. The molecular weight excluding hydrogens is 437 g/mol. The van der Waals surface area contributed by atoms with Gasteiger partial charge in [-0.1, -0.05) is 36.4 Å². The van der Waals surface area contributed by atoms with Crippen molar-refractivity contribution in [2.45, 2.75) is 6.18 Å². The molecule has 0 aliphatic carbocycles. The van der Waals surface area contributed by atoms with Gasteiger partial charge in [0.2, 0.25) is 0 Å². The Hall–Kier alpha value is -3.56. The normalized spacial score (nSPS) is 10.2. The predicted octanol–water partition coefficient (Wildman–Crippen LogP) is 5.71. The van der Waals surface area contributed by atoms with Gasteiger partial charge in [0.25, 0.3) is 0 Å². The van der Waals surface area contributed by atoms with E-state index in [1.165, 1.54) is 6.20 Å². The van der Waals surface area contributed by atoms with Gasteiger partial charge in [0, 0.05) is 51.6 Å². The van der Waals surface area contributed by atoms with Gasteiger partial charge in [-0.15, -0.1) is 0 Å². The monoisotopic (exact) mass is 462 g/mol. The summed E-state index contributed by atoms with van der Waals surface area (Å²) >= 11 is 0. The Balaban J connectivity index is 0.000000268. The van der Waals surface area contributed by atoms with Gasteiger partial charge in [-0.2, -0.15) is 13.2 Å². The Morgan fingerprint density at radius 1 is 0.788 bits per heavy atom. The molecule has 0 amide bonds. The summed E-state index contributed by atoms with van der Waals surface area (Å²) in [5.74, 6) is -0.946. The number of hydrogen-bond acceptors (Lipinski definition) is 5. The Morgan fingerprint density at radius 2 is 1.21 bits per heavy atom. The molecule has 176 valence electrons. The van der Waals surface area contributed by atoms with Crippen molar-refractivity contribution in [2.24, 2.45) is 0 Å². The summed E-state index contributed by atoms with van der Waals surface area (Å²) < 4.78 is 45.3. The summed E-state index contributed by atoms with van der Waals surface area (Å²) in [6, 6.07) is 16.8. The molecule has 0 radical (unpaired) electrons. The first-order chi connectivity index (χ1) is 15.7. The van der Waals surface area contributed by atoms with Crippen LogP contribution in [0.4, 0.5) is 13.2 Å². The molecule has 2 aromatic heterocycles. The Kier molecular flexibility index (Phi) is 11.5. The lowest BCUT2D eigenvalue weighted by molar-refractivity contribution is -0.137. The number of hydrogen-bond donors (Lipinski definition) is 1. The number of nitrogens with zero attached hydrogens (tertiary/aromatic N) is 2. The van der Waals surface area contributed by atoms with E-state index in [4.69, 9.17) is 5.11 Å². The van der Waals surface area contributed by atoms with Gasteiger partial charge >= 0.3 is 12.1 Å². The molecule has 2 heterocycles. The van der Waals surface area contributed by atoms with E-state index in [1.54, 1.807) is 58.8 Å². The summed E-state index contributed by atoms with van der Waals surface area (Å²) in [5, 5.41) is 10.1. The van der Waals surface area contributed by atoms with E-state index in [0.29, 0.717) is 10.9 Å². The van der Waals surface area contributed by atoms with Crippen LogP contribution in [0.15, 0.2) is 73.1 Å². The van der Waals surface area contributed by atoms with Crippen LogP contribution >= 0.6 is 0 Å². The lowest BCUT2D eigenvalue weighted by Crippen LogP contribution is -2.05. The first-order valence-electron chi connectivity index (χ1n) is 9.48. The van der Waals surface area contributed by atoms with Crippen LogP contribution < -0.4 is 0 Å². The fraction of sp³-hybridized carbons (Fsp3) is 0.208. The maximum absolute atomic E-state index is 12.3. The molecule has 1 N–H and O–H groups in total. The van der Waals surface area contributed by atoms with E-state index in [9.17, 15) is 18.0 Å². The van der Waals surface area contributed by atoms with Crippen molar-refractivity contribution in [3.63, 3.8) is 0 Å². The van der Waals surface area contributed by atoms with Crippen LogP contribution in [0.2, 0.25) is 0 Å². The third-order valence-electron chi connectivity index (χ3n) is 3.76. The van der Waals surface area contributed by atoms with Gasteiger partial charge in [0.1, 0.15) is 0 Å². The Bertz CT molecular complexity index is 1150. The highest BCUT2D eigenvalue weighted by molar-refractivity contribution is 5.92. The van der Waals surface area contributed by atoms with Crippen LogP contribution in [0.3, 0.4) is 0 Å². The molecule has 0 aliphatic rings. The zero-order valence-electron chi connectivity index (χ0n) is 18.6. The van der Waals surface area contributed by atoms with Crippen LogP contribution in [0.25, 0.3) is 21.8 Å². The van der Waals surface area contributed by atoms with E-state index < -0.39 is 17.7 Å². The SMILES string of the molecule is COC.COC.FC(F)(F)c1cnc2ccccc2c1.O=C(O)c1cnc2ccccc2c1. The Morgan fingerprint density at radius 3 is 1.67 bits per heavy atom. The van der Waals surface area contributed by atoms with E-state index >= 15 is 0 Å². The number of ether oxygens (including phenoxy) is 2. The first kappa shape index (κ1) is 27.5. The van der Waals surface area contributed by atoms with Crippen LogP contribution in [0.1, 0.15) is 15.9 Å². The van der Waals surface area contributed by atoms with Crippen molar-refractivity contribution in [1.82, 2.24) is 9.97 Å². The topological polar surface area (TPSA) is 81.5 Å². The first-order valence-corrected chi connectivity index (χ1v) is 9.48. The van der Waals surface area contributed by atoms with Crippen molar-refractivity contribution >= 4 is 27.8 Å². The molecule has 0 saturated heterocycles. The molecule has 0 atom stereocenters. The second-order valence-corrected chi connectivity index (χ2v) is 6.45. The highest BCUT2D eigenvalue weighted by Crippen LogP contribution is 2.30. The fourth-order valence-corrected chi connectivity index (χ4v) is 2.41. The number of carboxylic acid groups (broad SMARTS) is 1. The lowest BCUT2D eigenvalue weighted by Gasteiger charge is -2.06. The van der Waals surface area contributed by atoms with E-state index in [2.05, 4.69) is 19.4 Å². The average Bonchev–Trinajstić information content (AvgIpc) is 2.79. The number of alkyl halides is 3. The van der Waals surface area contributed by atoms with E-state index in [1.807, 2.05) is 24.3 Å². The molecule has 0 bridgehead atoms. The van der Waals surface area contributed by atoms with Gasteiger partial charge in [0.05, 0.1) is 22.2 Å². The minimum absolute atomic E-state index is 0.221. The zero-order chi connectivity index (χ0) is 24.9. The van der Waals surface area contributed by atoms with Crippen LogP contribution in [0.5, 0.6) is 0 Å². The average molecular weight is 462 g/mol. The maximum Gasteiger partial charge on any atom is 0.417 e. The third-order valence-corrected chi connectivity index (χ3v) is 3.76. The smallest absolute Gasteiger partial charge is 0.417 e. The molecule has 2 aromatic carbocycles. The minimum Gasteiger partial charge on any atom is -0.478 e. The molecule has 0 saturated carbocycles. The summed E-state index contributed by atoms with van der Waals surface area (Å²) in [4.78, 5) is 18.4. The summed E-state index contributed by atoms with van der Waals surface area (Å²) in [5.41, 5.74) is 0.892. The predicted molar refractivity (Wildman–Crippen MR) is 121 cm³/mol. The number of halogens is 3. The van der Waals surface area contributed by atoms with Crippen LogP contribution in [0, 0.1) is 0 Å². The number of aromatic nitrogens is 2. The van der Waals surface area contributed by atoms with Crippen LogP contribution in [-0.4, -0.2) is 49.5 Å². The molecule has 6 nitrogen and oxygen atoms in total. The second kappa shape index (κ2) is 13.8. The molecule has 4 rings (SSSR count). The summed E-state index contributed by atoms with van der Waals surface area (Å²) in [6.07, 6.45) is -2.11. The molecule has 0 unspecified atom stereocenters. The van der Waals surface area contributed by atoms with Crippen LogP contribution in [-0.2, 0) is 15.7 Å².